The van der Waals surface area contributed by atoms with E-state index in [0.29, 0.717) is 12.3 Å². The molecule has 0 saturated heterocycles. The van der Waals surface area contributed by atoms with E-state index < -0.39 is 5.91 Å². The summed E-state index contributed by atoms with van der Waals surface area (Å²) in [6.45, 7) is 2.42. The van der Waals surface area contributed by atoms with Gasteiger partial charge < -0.3 is 21.5 Å². The van der Waals surface area contributed by atoms with Crippen molar-refractivity contribution in [1.82, 2.24) is 0 Å². The van der Waals surface area contributed by atoms with Crippen LogP contribution >= 0.6 is 0 Å². The third-order valence-corrected chi connectivity index (χ3v) is 1.98. The van der Waals surface area contributed by atoms with Crippen LogP contribution in [0.25, 0.3) is 0 Å². The molecule has 0 spiro atoms. The number of carbonyl (C=O) groups excluding carboxylic acids is 1. The van der Waals surface area contributed by atoms with E-state index in [0.717, 1.165) is 5.69 Å². The van der Waals surface area contributed by atoms with Gasteiger partial charge in [-0.05, 0) is 19.1 Å². The van der Waals surface area contributed by atoms with Crippen LogP contribution in [-0.2, 0) is 4.79 Å². The summed E-state index contributed by atoms with van der Waals surface area (Å²) >= 11 is 0. The van der Waals surface area contributed by atoms with Gasteiger partial charge in [0, 0.05) is 24.3 Å². The summed E-state index contributed by atoms with van der Waals surface area (Å²) < 4.78 is 5.18. The van der Waals surface area contributed by atoms with Gasteiger partial charge in [-0.25, -0.2) is 0 Å². The molecule has 0 heterocycles. The van der Waals surface area contributed by atoms with E-state index in [9.17, 15) is 4.79 Å². The average Bonchev–Trinajstić information content (AvgIpc) is 2.26. The summed E-state index contributed by atoms with van der Waals surface area (Å²) in [7, 11) is 0. The zero-order valence-corrected chi connectivity index (χ0v) is 9.27. The summed E-state index contributed by atoms with van der Waals surface area (Å²) in [5.74, 6) is 0.113. The Morgan fingerprint density at radius 3 is 2.94 bits per heavy atom. The Morgan fingerprint density at radius 2 is 2.31 bits per heavy atom. The smallest absolute Gasteiger partial charge is 0.255 e. The Kier molecular flexibility index (Phi) is 4.60. The van der Waals surface area contributed by atoms with Gasteiger partial charge in [0.1, 0.15) is 5.75 Å². The van der Waals surface area contributed by atoms with Crippen molar-refractivity contribution in [2.75, 3.05) is 18.5 Å². The first-order valence-electron chi connectivity index (χ1n) is 5.09. The minimum Gasteiger partial charge on any atom is -0.484 e. The highest BCUT2D eigenvalue weighted by Gasteiger charge is 2.01. The fourth-order valence-electron chi connectivity index (χ4n) is 1.17. The number of hydrogen-bond donors (Lipinski definition) is 3. The normalized spacial score (nSPS) is 11.9. The van der Waals surface area contributed by atoms with E-state index >= 15 is 0 Å². The molecule has 0 aromatic heterocycles. The Labute approximate surface area is 94.8 Å². The first kappa shape index (κ1) is 12.3. The van der Waals surface area contributed by atoms with Gasteiger partial charge in [-0.3, -0.25) is 4.79 Å². The summed E-state index contributed by atoms with van der Waals surface area (Å²) in [5, 5.41) is 3.20. The number of carbonyl (C=O) groups is 1. The average molecular weight is 223 g/mol. The van der Waals surface area contributed by atoms with Crippen LogP contribution < -0.4 is 21.5 Å². The third kappa shape index (κ3) is 4.18. The number of nitrogens with two attached hydrogens (primary N) is 2. The highest BCUT2D eigenvalue weighted by Crippen LogP contribution is 2.17. The summed E-state index contributed by atoms with van der Waals surface area (Å²) in [6.07, 6.45) is 0. The highest BCUT2D eigenvalue weighted by molar-refractivity contribution is 5.75. The Hall–Kier alpha value is -1.75. The van der Waals surface area contributed by atoms with Gasteiger partial charge in [-0.1, -0.05) is 6.07 Å². The molecule has 1 atom stereocenters. The van der Waals surface area contributed by atoms with Crippen LogP contribution in [0.3, 0.4) is 0 Å². The molecule has 1 amide bonds. The van der Waals surface area contributed by atoms with Crippen LogP contribution in [0.4, 0.5) is 5.69 Å². The zero-order valence-electron chi connectivity index (χ0n) is 9.27. The van der Waals surface area contributed by atoms with Crippen molar-refractivity contribution < 1.29 is 9.53 Å². The van der Waals surface area contributed by atoms with E-state index in [-0.39, 0.29) is 12.6 Å². The summed E-state index contributed by atoms with van der Waals surface area (Å²) in [4.78, 5) is 10.5. The van der Waals surface area contributed by atoms with Gasteiger partial charge >= 0.3 is 0 Å². The van der Waals surface area contributed by atoms with Crippen LogP contribution in [0, 0.1) is 0 Å². The number of primary amides is 1. The number of nitrogens with one attached hydrogen (secondary N) is 1. The fourth-order valence-corrected chi connectivity index (χ4v) is 1.17. The molecule has 1 aromatic rings. The minimum atomic E-state index is -0.492. The molecule has 5 heteroatoms. The zero-order chi connectivity index (χ0) is 12.0. The largest absolute Gasteiger partial charge is 0.484 e. The molecule has 0 radical (unpaired) electrons. The molecule has 0 aliphatic heterocycles. The Balaban J connectivity index is 2.60. The SMILES string of the molecule is CC(CN)Nc1cccc(OCC(N)=O)c1. The van der Waals surface area contributed by atoms with Crippen LogP contribution in [0.15, 0.2) is 24.3 Å². The maximum Gasteiger partial charge on any atom is 0.255 e. The third-order valence-electron chi connectivity index (χ3n) is 1.98. The quantitative estimate of drug-likeness (QED) is 0.647. The lowest BCUT2D eigenvalue weighted by molar-refractivity contribution is -0.119. The molecule has 16 heavy (non-hydrogen) atoms. The second-order valence-electron chi connectivity index (χ2n) is 3.56. The second-order valence-corrected chi connectivity index (χ2v) is 3.56. The van der Waals surface area contributed by atoms with Crippen molar-refractivity contribution in [2.45, 2.75) is 13.0 Å². The summed E-state index contributed by atoms with van der Waals surface area (Å²) in [6, 6.07) is 7.49. The molecule has 0 saturated carbocycles. The number of amides is 1. The highest BCUT2D eigenvalue weighted by atomic mass is 16.5. The van der Waals surface area contributed by atoms with Gasteiger partial charge in [0.25, 0.3) is 5.91 Å². The maximum absolute atomic E-state index is 10.5. The molecule has 1 unspecified atom stereocenters. The van der Waals surface area contributed by atoms with Crippen molar-refractivity contribution >= 4 is 11.6 Å². The predicted octanol–water partition coefficient (Wildman–Crippen LogP) is 0.310. The molecule has 5 N–H and O–H groups in total. The van der Waals surface area contributed by atoms with Crippen molar-refractivity contribution in [1.29, 1.82) is 0 Å². The monoisotopic (exact) mass is 223 g/mol. The van der Waals surface area contributed by atoms with Crippen LogP contribution in [-0.4, -0.2) is 25.1 Å². The van der Waals surface area contributed by atoms with Gasteiger partial charge in [0.05, 0.1) is 0 Å². The standard InChI is InChI=1S/C11H17N3O2/c1-8(6-12)14-9-3-2-4-10(5-9)16-7-11(13)15/h2-5,8,14H,6-7,12H2,1H3,(H2,13,15). The molecule has 0 bridgehead atoms. The number of anilines is 1. The second kappa shape index (κ2) is 5.97. The first-order chi connectivity index (χ1) is 7.61. The lowest BCUT2D eigenvalue weighted by atomic mass is 10.2. The van der Waals surface area contributed by atoms with Crippen molar-refractivity contribution in [3.63, 3.8) is 0 Å². The van der Waals surface area contributed by atoms with Crippen molar-refractivity contribution in [2.24, 2.45) is 11.5 Å². The van der Waals surface area contributed by atoms with Crippen LogP contribution in [0.5, 0.6) is 5.75 Å². The van der Waals surface area contributed by atoms with E-state index in [1.54, 1.807) is 12.1 Å². The van der Waals surface area contributed by atoms with Gasteiger partial charge in [0.2, 0.25) is 0 Å². The van der Waals surface area contributed by atoms with Crippen molar-refractivity contribution in [3.8, 4) is 5.75 Å². The molecule has 0 aliphatic rings. The van der Waals surface area contributed by atoms with Crippen molar-refractivity contribution in [3.05, 3.63) is 24.3 Å². The molecule has 1 rings (SSSR count). The maximum atomic E-state index is 10.5. The molecule has 0 aliphatic carbocycles. The number of hydrogen-bond acceptors (Lipinski definition) is 4. The molecular weight excluding hydrogens is 206 g/mol. The Morgan fingerprint density at radius 1 is 1.56 bits per heavy atom. The number of benzene rings is 1. The van der Waals surface area contributed by atoms with E-state index in [4.69, 9.17) is 16.2 Å². The topological polar surface area (TPSA) is 90.4 Å². The van der Waals surface area contributed by atoms with E-state index in [2.05, 4.69) is 5.32 Å². The van der Waals surface area contributed by atoms with Gasteiger partial charge in [-0.15, -0.1) is 0 Å². The number of rotatable bonds is 6. The Bertz CT molecular complexity index is 355. The molecule has 5 nitrogen and oxygen atoms in total. The van der Waals surface area contributed by atoms with E-state index in [1.807, 2.05) is 19.1 Å². The van der Waals surface area contributed by atoms with E-state index in [1.165, 1.54) is 0 Å². The van der Waals surface area contributed by atoms with Gasteiger partial charge in [0.15, 0.2) is 6.61 Å². The van der Waals surface area contributed by atoms with Crippen LogP contribution in [0.2, 0.25) is 0 Å². The molecule has 88 valence electrons. The molecule has 0 fully saturated rings. The number of ether oxygens (including phenoxy) is 1. The van der Waals surface area contributed by atoms with Gasteiger partial charge in [-0.2, -0.15) is 0 Å². The first-order valence-corrected chi connectivity index (χ1v) is 5.09. The lowest BCUT2D eigenvalue weighted by Gasteiger charge is -2.13. The lowest BCUT2D eigenvalue weighted by Crippen LogP contribution is -2.25. The minimum absolute atomic E-state index is 0.115. The summed E-state index contributed by atoms with van der Waals surface area (Å²) in [5.41, 5.74) is 11.4. The fraction of sp³-hybridized carbons (Fsp3) is 0.364. The van der Waals surface area contributed by atoms with Crippen LogP contribution in [0.1, 0.15) is 6.92 Å². The molecule has 1 aromatic carbocycles. The predicted molar refractivity (Wildman–Crippen MR) is 63.3 cm³/mol. The molecular formula is C11H17N3O2.